The fourth-order valence-electron chi connectivity index (χ4n) is 8.84. The Bertz CT molecular complexity index is 2330. The molecule has 85 heavy (non-hydrogen) atoms. The molecule has 0 spiro atoms. The van der Waals surface area contributed by atoms with Crippen LogP contribution in [0, 0.1) is 23.7 Å². The lowest BCUT2D eigenvalue weighted by Crippen LogP contribution is -2.62. The van der Waals surface area contributed by atoms with Gasteiger partial charge in [-0.3, -0.25) is 57.5 Å². The van der Waals surface area contributed by atoms with E-state index in [1.54, 1.807) is 55.4 Å². The van der Waals surface area contributed by atoms with Crippen LogP contribution in [0.5, 0.6) is 0 Å². The van der Waals surface area contributed by atoms with E-state index in [9.17, 15) is 67.4 Å². The average molecular weight is 1200 g/mol. The molecule has 0 unspecified atom stereocenters. The van der Waals surface area contributed by atoms with Crippen molar-refractivity contribution in [3.63, 3.8) is 0 Å². The summed E-state index contributed by atoms with van der Waals surface area (Å²) in [7, 11) is 0. The minimum Gasteiger partial charge on any atom is -0.391 e. The molecule has 0 bridgehead atoms. The largest absolute Gasteiger partial charge is 0.391 e. The first kappa shape index (κ1) is 75.5. The Morgan fingerprint density at radius 2 is 0.929 bits per heavy atom. The minimum atomic E-state index is -1.62. The van der Waals surface area contributed by atoms with E-state index in [4.69, 9.17) is 11.5 Å². The van der Waals surface area contributed by atoms with Gasteiger partial charge in [-0.1, -0.05) is 68.2 Å². The number of nitrogens with one attached hydrogen (secondary N) is 11. The number of aromatic nitrogens is 2. The summed E-state index contributed by atoms with van der Waals surface area (Å²) >= 11 is 0. The lowest BCUT2D eigenvalue weighted by atomic mass is 9.98. The standard InChI is InChI=1S/C57H98N14O14/c1-32(2)26-41(67-53(81)42(27-33(3)4)68-54(82)44(29-38-30-60-31-63-38)69-50(78)39(64-37(10)74)19-21-45(58)75)52(80)65-40(20-22-46(59)76)51(79)66-43(28-34(5)6)55(83)71-49(36(9)73)57(85)70-48(35(7)8)56(84)62-24-16-13-14-18-47(77)61-23-15-11-12-17-25-72/h25,30-36,39-44,48-49,73H,11-24,26-29H2,1-10H3,(H2,58,75)(H2,59,76)(H,60,63)(H,61,77)(H,62,84)(H,64,74)(H,65,80)(H,66,79)(H,67,81)(H,68,82)(H,69,78)(H,70,85)(H,71,83)/t36-,39+,40+,41+,42+,43+,44+,48+,49+/m1/s1. The van der Waals surface area contributed by atoms with Crippen LogP contribution in [0.1, 0.15) is 171 Å². The van der Waals surface area contributed by atoms with Crippen molar-refractivity contribution >= 4 is 77.2 Å². The van der Waals surface area contributed by atoms with Gasteiger partial charge < -0.3 is 79.5 Å². The summed E-state index contributed by atoms with van der Waals surface area (Å²) in [5.41, 5.74) is 11.2. The molecular weight excluding hydrogens is 1100 g/mol. The van der Waals surface area contributed by atoms with E-state index in [0.29, 0.717) is 44.3 Å². The highest BCUT2D eigenvalue weighted by molar-refractivity contribution is 5.98. The van der Waals surface area contributed by atoms with Crippen LogP contribution in [0.15, 0.2) is 12.5 Å². The first-order chi connectivity index (χ1) is 39.9. The highest BCUT2D eigenvalue weighted by Gasteiger charge is 2.37. The number of aromatic amines is 1. The van der Waals surface area contributed by atoms with Crippen LogP contribution in [0.4, 0.5) is 0 Å². The molecule has 0 aliphatic heterocycles. The van der Waals surface area contributed by atoms with E-state index in [1.807, 2.05) is 0 Å². The van der Waals surface area contributed by atoms with Crippen LogP contribution in [0.25, 0.3) is 0 Å². The van der Waals surface area contributed by atoms with Crippen molar-refractivity contribution in [1.29, 1.82) is 0 Å². The molecule has 0 aromatic carbocycles. The van der Waals surface area contributed by atoms with Gasteiger partial charge in [-0.05, 0) is 88.4 Å². The summed E-state index contributed by atoms with van der Waals surface area (Å²) in [6, 6.07) is -10.9. The lowest BCUT2D eigenvalue weighted by molar-refractivity contribution is -0.137. The van der Waals surface area contributed by atoms with Crippen LogP contribution in [-0.2, 0) is 68.7 Å². The number of carbonyl (C=O) groups is 13. The zero-order valence-electron chi connectivity index (χ0n) is 51.3. The fraction of sp³-hybridized carbons (Fsp3) is 0.719. The highest BCUT2D eigenvalue weighted by Crippen LogP contribution is 2.14. The van der Waals surface area contributed by atoms with Gasteiger partial charge in [-0.15, -0.1) is 0 Å². The van der Waals surface area contributed by atoms with Gasteiger partial charge >= 0.3 is 0 Å². The number of imidazole rings is 1. The van der Waals surface area contributed by atoms with Crippen LogP contribution >= 0.6 is 0 Å². The maximum atomic E-state index is 14.3. The zero-order chi connectivity index (χ0) is 64.3. The Hall–Kier alpha value is -7.52. The molecule has 28 heteroatoms. The molecule has 480 valence electrons. The van der Waals surface area contributed by atoms with Crippen molar-refractivity contribution < 1.29 is 67.4 Å². The summed E-state index contributed by atoms with van der Waals surface area (Å²) in [5, 5.41) is 37.2. The van der Waals surface area contributed by atoms with Crippen LogP contribution in [0.3, 0.4) is 0 Å². The summed E-state index contributed by atoms with van der Waals surface area (Å²) in [5.74, 6) is -9.97. The molecule has 1 aromatic heterocycles. The summed E-state index contributed by atoms with van der Waals surface area (Å²) < 4.78 is 0. The number of primary amides is 2. The van der Waals surface area contributed by atoms with E-state index in [1.165, 1.54) is 26.4 Å². The third kappa shape index (κ3) is 32.4. The van der Waals surface area contributed by atoms with Crippen molar-refractivity contribution in [2.75, 3.05) is 13.1 Å². The summed E-state index contributed by atoms with van der Waals surface area (Å²) in [6.07, 6.45) is 5.83. The monoisotopic (exact) mass is 1200 g/mol. The molecule has 16 N–H and O–H groups in total. The molecule has 0 aliphatic carbocycles. The predicted molar refractivity (Wildman–Crippen MR) is 314 cm³/mol. The Morgan fingerprint density at radius 1 is 0.506 bits per heavy atom. The van der Waals surface area contributed by atoms with E-state index in [-0.39, 0.29) is 75.2 Å². The van der Waals surface area contributed by atoms with E-state index < -0.39 is 132 Å². The van der Waals surface area contributed by atoms with Gasteiger partial charge in [0.25, 0.3) is 0 Å². The molecule has 0 saturated carbocycles. The van der Waals surface area contributed by atoms with Gasteiger partial charge in [0.1, 0.15) is 54.6 Å². The number of aldehydes is 1. The van der Waals surface area contributed by atoms with Crippen LogP contribution in [-0.4, -0.2) is 160 Å². The quantitative estimate of drug-likeness (QED) is 0.0278. The summed E-state index contributed by atoms with van der Waals surface area (Å²) in [6.45, 7) is 17.2. The number of aliphatic hydroxyl groups is 1. The molecule has 28 nitrogen and oxygen atoms in total. The number of carbonyl (C=O) groups excluding carboxylic acids is 13. The van der Waals surface area contributed by atoms with Crippen molar-refractivity contribution in [3.05, 3.63) is 18.2 Å². The number of nitrogens with two attached hydrogens (primary N) is 2. The first-order valence-corrected chi connectivity index (χ1v) is 29.5. The van der Waals surface area contributed by atoms with Crippen molar-refractivity contribution in [2.45, 2.75) is 226 Å². The third-order valence-corrected chi connectivity index (χ3v) is 13.3. The van der Waals surface area contributed by atoms with Crippen molar-refractivity contribution in [2.24, 2.45) is 35.1 Å². The molecule has 12 amide bonds. The SMILES string of the molecule is CC(=O)N[C@@H](CCC(N)=O)C(=O)N[C@@H](Cc1cnc[nH]1)C(=O)N[C@@H](CC(C)C)C(=O)N[C@@H](CC(C)C)C(=O)N[C@@H](CCC(N)=O)C(=O)N[C@@H](CC(C)C)C(=O)N[C@H](C(=O)N[C@H](C(=O)NCCCCCC(=O)NCCCCCC=O)C(C)C)[C@@H](C)O. The number of hydrogen-bond acceptors (Lipinski definition) is 15. The van der Waals surface area contributed by atoms with Crippen molar-refractivity contribution in [1.82, 2.24) is 63.1 Å². The smallest absolute Gasteiger partial charge is 0.245 e. The van der Waals surface area contributed by atoms with E-state index >= 15 is 0 Å². The van der Waals surface area contributed by atoms with Crippen LogP contribution < -0.4 is 64.6 Å². The Kier molecular flexibility index (Phi) is 36.1. The second-order valence-electron chi connectivity index (χ2n) is 23.2. The lowest BCUT2D eigenvalue weighted by Gasteiger charge is -2.30. The Morgan fingerprint density at radius 3 is 1.36 bits per heavy atom. The molecule has 9 atom stereocenters. The van der Waals surface area contributed by atoms with Gasteiger partial charge in [0.05, 0.1) is 12.4 Å². The molecule has 1 rings (SSSR count). The molecular formula is C57H98N14O14. The second-order valence-corrected chi connectivity index (χ2v) is 23.2. The molecule has 1 aromatic rings. The van der Waals surface area contributed by atoms with E-state index in [2.05, 4.69) is 63.1 Å². The maximum Gasteiger partial charge on any atom is 0.245 e. The molecule has 0 aliphatic rings. The molecule has 0 saturated heterocycles. The number of aliphatic hydroxyl groups excluding tert-OH is 1. The predicted octanol–water partition coefficient (Wildman–Crippen LogP) is -0.891. The number of hydrogen-bond donors (Lipinski definition) is 14. The van der Waals surface area contributed by atoms with Gasteiger partial charge in [0.15, 0.2) is 0 Å². The van der Waals surface area contributed by atoms with Gasteiger partial charge in [0.2, 0.25) is 70.9 Å². The molecule has 0 fully saturated rings. The topological polar surface area (TPSA) is 443 Å². The average Bonchev–Trinajstić information content (AvgIpc) is 3.92. The van der Waals surface area contributed by atoms with E-state index in [0.717, 1.165) is 25.5 Å². The number of unbranched alkanes of at least 4 members (excludes halogenated alkanes) is 5. The maximum absolute atomic E-state index is 14.3. The number of amides is 12. The third-order valence-electron chi connectivity index (χ3n) is 13.3. The Labute approximate surface area is 499 Å². The van der Waals surface area contributed by atoms with Crippen LogP contribution in [0.2, 0.25) is 0 Å². The van der Waals surface area contributed by atoms with Crippen molar-refractivity contribution in [3.8, 4) is 0 Å². The number of rotatable bonds is 44. The zero-order valence-corrected chi connectivity index (χ0v) is 51.3. The summed E-state index contributed by atoms with van der Waals surface area (Å²) in [4.78, 5) is 177. The second kappa shape index (κ2) is 40.7. The number of nitrogens with zero attached hydrogens (tertiary/aromatic N) is 1. The van der Waals surface area contributed by atoms with Gasteiger partial charge in [-0.25, -0.2) is 4.98 Å². The number of H-pyrrole nitrogens is 1. The van der Waals surface area contributed by atoms with Gasteiger partial charge in [0, 0.05) is 64.0 Å². The fourth-order valence-corrected chi connectivity index (χ4v) is 8.84. The van der Waals surface area contributed by atoms with Gasteiger partial charge in [-0.2, -0.15) is 0 Å². The first-order valence-electron chi connectivity index (χ1n) is 29.5. The molecule has 0 radical (unpaired) electrons. The Balaban J connectivity index is 3.32. The molecule has 1 heterocycles. The minimum absolute atomic E-state index is 0.00738. The highest BCUT2D eigenvalue weighted by atomic mass is 16.3. The normalized spacial score (nSPS) is 14.4.